The van der Waals surface area contributed by atoms with Gasteiger partial charge < -0.3 is 14.7 Å². The molecule has 0 spiro atoms. The van der Waals surface area contributed by atoms with Crippen molar-refractivity contribution < 1.29 is 23.8 Å². The zero-order chi connectivity index (χ0) is 15.2. The van der Waals surface area contributed by atoms with Crippen molar-refractivity contribution in [2.24, 2.45) is 0 Å². The van der Waals surface area contributed by atoms with E-state index < -0.39 is 11.8 Å². The number of hydrogen-bond acceptors (Lipinski definition) is 3. The highest BCUT2D eigenvalue weighted by Gasteiger charge is 2.24. The molecule has 0 aromatic heterocycles. The largest absolute Gasteiger partial charge is 0.481 e. The minimum absolute atomic E-state index is 0.0729. The second-order valence-electron chi connectivity index (χ2n) is 5.04. The topological polar surface area (TPSA) is 66.8 Å². The van der Waals surface area contributed by atoms with Gasteiger partial charge in [-0.25, -0.2) is 4.39 Å². The molecule has 114 valence electrons. The first kappa shape index (κ1) is 15.4. The lowest BCUT2D eigenvalue weighted by Gasteiger charge is -2.25. The number of carbonyl (C=O) groups excluding carboxylic acids is 1. The fourth-order valence-electron chi connectivity index (χ4n) is 2.34. The van der Waals surface area contributed by atoms with Crippen molar-refractivity contribution in [2.75, 3.05) is 19.7 Å². The molecule has 1 aliphatic rings. The molecule has 0 bridgehead atoms. The third-order valence-electron chi connectivity index (χ3n) is 3.40. The first-order chi connectivity index (χ1) is 10.1. The summed E-state index contributed by atoms with van der Waals surface area (Å²) < 4.78 is 18.7. The molecule has 1 unspecified atom stereocenters. The SMILES string of the molecule is O=C(O)CCN(CC1CCCO1)C(=O)c1cccc(F)c1. The van der Waals surface area contributed by atoms with E-state index in [0.717, 1.165) is 18.9 Å². The number of hydrogen-bond donors (Lipinski definition) is 1. The Kier molecular flexibility index (Phi) is 5.27. The average molecular weight is 295 g/mol. The van der Waals surface area contributed by atoms with E-state index >= 15 is 0 Å². The van der Waals surface area contributed by atoms with Crippen molar-refractivity contribution >= 4 is 11.9 Å². The van der Waals surface area contributed by atoms with Crippen LogP contribution in [0, 0.1) is 5.82 Å². The van der Waals surface area contributed by atoms with Gasteiger partial charge in [0.05, 0.1) is 12.5 Å². The summed E-state index contributed by atoms with van der Waals surface area (Å²) in [6, 6.07) is 5.41. The molecule has 0 radical (unpaired) electrons. The lowest BCUT2D eigenvalue weighted by atomic mass is 10.1. The molecule has 2 rings (SSSR count). The van der Waals surface area contributed by atoms with Gasteiger partial charge in [0.15, 0.2) is 0 Å². The monoisotopic (exact) mass is 295 g/mol. The van der Waals surface area contributed by atoms with Crippen molar-refractivity contribution in [3.05, 3.63) is 35.6 Å². The van der Waals surface area contributed by atoms with Crippen molar-refractivity contribution in [3.8, 4) is 0 Å². The molecule has 0 saturated carbocycles. The predicted octanol–water partition coefficient (Wildman–Crippen LogP) is 1.92. The molecule has 1 amide bonds. The first-order valence-corrected chi connectivity index (χ1v) is 6.94. The maximum Gasteiger partial charge on any atom is 0.305 e. The van der Waals surface area contributed by atoms with E-state index in [4.69, 9.17) is 9.84 Å². The second-order valence-corrected chi connectivity index (χ2v) is 5.04. The smallest absolute Gasteiger partial charge is 0.305 e. The van der Waals surface area contributed by atoms with E-state index in [1.54, 1.807) is 0 Å². The lowest BCUT2D eigenvalue weighted by molar-refractivity contribution is -0.137. The van der Waals surface area contributed by atoms with Crippen LogP contribution in [0.25, 0.3) is 0 Å². The molecular formula is C15H18FNO4. The molecule has 1 aromatic rings. The van der Waals surface area contributed by atoms with E-state index in [1.807, 2.05) is 0 Å². The highest BCUT2D eigenvalue weighted by atomic mass is 19.1. The highest BCUT2D eigenvalue weighted by Crippen LogP contribution is 2.16. The maximum atomic E-state index is 13.2. The quantitative estimate of drug-likeness (QED) is 0.870. The van der Waals surface area contributed by atoms with Crippen LogP contribution in [0.3, 0.4) is 0 Å². The van der Waals surface area contributed by atoms with Gasteiger partial charge in [0.2, 0.25) is 0 Å². The number of benzene rings is 1. The van der Waals surface area contributed by atoms with Crippen LogP contribution < -0.4 is 0 Å². The van der Waals surface area contributed by atoms with Crippen LogP contribution in [-0.4, -0.2) is 47.7 Å². The number of halogens is 1. The number of nitrogens with zero attached hydrogens (tertiary/aromatic N) is 1. The number of carboxylic acids is 1. The molecule has 1 aliphatic heterocycles. The van der Waals surface area contributed by atoms with Crippen molar-refractivity contribution in [1.29, 1.82) is 0 Å². The first-order valence-electron chi connectivity index (χ1n) is 6.94. The number of ether oxygens (including phenoxy) is 1. The average Bonchev–Trinajstić information content (AvgIpc) is 2.95. The Morgan fingerprint density at radius 1 is 1.43 bits per heavy atom. The van der Waals surface area contributed by atoms with E-state index in [1.165, 1.54) is 23.1 Å². The van der Waals surface area contributed by atoms with E-state index in [9.17, 15) is 14.0 Å². The molecule has 6 heteroatoms. The number of carbonyl (C=O) groups is 2. The van der Waals surface area contributed by atoms with Crippen LogP contribution >= 0.6 is 0 Å². The summed E-state index contributed by atoms with van der Waals surface area (Å²) in [5, 5.41) is 8.79. The van der Waals surface area contributed by atoms with E-state index in [2.05, 4.69) is 0 Å². The zero-order valence-corrected chi connectivity index (χ0v) is 11.6. The summed E-state index contributed by atoms with van der Waals surface area (Å²) in [6.45, 7) is 1.08. The molecule has 5 nitrogen and oxygen atoms in total. The molecule has 1 heterocycles. The van der Waals surface area contributed by atoms with E-state index in [0.29, 0.717) is 13.2 Å². The fraction of sp³-hybridized carbons (Fsp3) is 0.467. The summed E-state index contributed by atoms with van der Waals surface area (Å²) in [6.07, 6.45) is 1.57. The lowest BCUT2D eigenvalue weighted by Crippen LogP contribution is -2.38. The van der Waals surface area contributed by atoms with Crippen LogP contribution in [0.1, 0.15) is 29.6 Å². The number of rotatable bonds is 6. The zero-order valence-electron chi connectivity index (χ0n) is 11.6. The van der Waals surface area contributed by atoms with Crippen LogP contribution in [0.2, 0.25) is 0 Å². The van der Waals surface area contributed by atoms with Crippen LogP contribution in [0.4, 0.5) is 4.39 Å². The van der Waals surface area contributed by atoms with Crippen LogP contribution in [-0.2, 0) is 9.53 Å². The molecule has 1 atom stereocenters. The number of amides is 1. The van der Waals surface area contributed by atoms with Crippen molar-refractivity contribution in [1.82, 2.24) is 4.90 Å². The van der Waals surface area contributed by atoms with Gasteiger partial charge in [-0.1, -0.05) is 6.07 Å². The molecule has 1 fully saturated rings. The Bertz CT molecular complexity index is 514. The summed E-state index contributed by atoms with van der Waals surface area (Å²) >= 11 is 0. The molecule has 1 N–H and O–H groups in total. The molecule has 1 saturated heterocycles. The molecule has 0 aliphatic carbocycles. The summed E-state index contributed by atoms with van der Waals surface area (Å²) in [7, 11) is 0. The Balaban J connectivity index is 2.08. The minimum atomic E-state index is -0.973. The summed E-state index contributed by atoms with van der Waals surface area (Å²) in [5.41, 5.74) is 0.221. The third-order valence-corrected chi connectivity index (χ3v) is 3.40. The fourth-order valence-corrected chi connectivity index (χ4v) is 2.34. The van der Waals surface area contributed by atoms with Gasteiger partial charge in [0.1, 0.15) is 5.82 Å². The predicted molar refractivity (Wildman–Crippen MR) is 73.5 cm³/mol. The summed E-state index contributed by atoms with van der Waals surface area (Å²) in [5.74, 6) is -1.83. The normalized spacial score (nSPS) is 17.7. The second kappa shape index (κ2) is 7.17. The van der Waals surface area contributed by atoms with Gasteiger partial charge in [0, 0.05) is 25.3 Å². The maximum absolute atomic E-state index is 13.2. The Labute approximate surface area is 122 Å². The Morgan fingerprint density at radius 3 is 2.86 bits per heavy atom. The Morgan fingerprint density at radius 2 is 2.24 bits per heavy atom. The third kappa shape index (κ3) is 4.53. The van der Waals surface area contributed by atoms with Crippen molar-refractivity contribution in [2.45, 2.75) is 25.4 Å². The van der Waals surface area contributed by atoms with Crippen molar-refractivity contribution in [3.63, 3.8) is 0 Å². The summed E-state index contributed by atoms with van der Waals surface area (Å²) in [4.78, 5) is 24.6. The highest BCUT2D eigenvalue weighted by molar-refractivity contribution is 5.94. The van der Waals surface area contributed by atoms with Gasteiger partial charge in [-0.2, -0.15) is 0 Å². The molecular weight excluding hydrogens is 277 g/mol. The van der Waals surface area contributed by atoms with Crippen LogP contribution in [0.5, 0.6) is 0 Å². The minimum Gasteiger partial charge on any atom is -0.481 e. The van der Waals surface area contributed by atoms with Crippen LogP contribution in [0.15, 0.2) is 24.3 Å². The number of aliphatic carboxylic acids is 1. The Hall–Kier alpha value is -1.95. The molecule has 1 aromatic carbocycles. The van der Waals surface area contributed by atoms with Gasteiger partial charge in [0.25, 0.3) is 5.91 Å². The van der Waals surface area contributed by atoms with E-state index in [-0.39, 0.29) is 30.5 Å². The van der Waals surface area contributed by atoms with Gasteiger partial charge in [-0.05, 0) is 31.0 Å². The van der Waals surface area contributed by atoms with Gasteiger partial charge >= 0.3 is 5.97 Å². The number of carboxylic acid groups (broad SMARTS) is 1. The molecule has 21 heavy (non-hydrogen) atoms. The standard InChI is InChI=1S/C15H18FNO4/c16-12-4-1-3-11(9-12)15(20)17(7-6-14(18)19)10-13-5-2-8-21-13/h1,3-4,9,13H,2,5-8,10H2,(H,18,19). The van der Waals surface area contributed by atoms with Gasteiger partial charge in [-0.3, -0.25) is 9.59 Å². The van der Waals surface area contributed by atoms with Gasteiger partial charge in [-0.15, -0.1) is 0 Å².